The molecule has 2 heterocycles. The van der Waals surface area contributed by atoms with Crippen LogP contribution in [0.3, 0.4) is 0 Å². The first-order valence-corrected chi connectivity index (χ1v) is 10.8. The number of furan rings is 1. The topological polar surface area (TPSA) is 96.0 Å². The smallest absolute Gasteiger partial charge is 0.249 e. The highest BCUT2D eigenvalue weighted by Crippen LogP contribution is 2.41. The summed E-state index contributed by atoms with van der Waals surface area (Å²) in [5.41, 5.74) is 3.81. The molecule has 0 atom stereocenters. The van der Waals surface area contributed by atoms with Crippen LogP contribution in [-0.4, -0.2) is 31.9 Å². The van der Waals surface area contributed by atoms with Crippen molar-refractivity contribution in [3.05, 3.63) is 60.1 Å². The number of fused-ring (bicyclic) bond motifs is 1. The number of carbonyl (C=O) groups is 1. The molecule has 0 saturated heterocycles. The van der Waals surface area contributed by atoms with Crippen LogP contribution in [0.4, 0.5) is 5.82 Å². The lowest BCUT2D eigenvalue weighted by molar-refractivity contribution is -0.111. The van der Waals surface area contributed by atoms with Crippen molar-refractivity contribution < 1.29 is 27.9 Å². The van der Waals surface area contributed by atoms with Crippen molar-refractivity contribution in [1.82, 2.24) is 5.16 Å². The molecule has 176 valence electrons. The van der Waals surface area contributed by atoms with Gasteiger partial charge in [-0.2, -0.15) is 0 Å². The Hall–Kier alpha value is -4.20. The molecule has 2 aromatic heterocycles. The Bertz CT molecular complexity index is 1370. The van der Waals surface area contributed by atoms with Crippen LogP contribution in [0.5, 0.6) is 17.2 Å². The zero-order chi connectivity index (χ0) is 24.2. The predicted octanol–water partition coefficient (Wildman–Crippen LogP) is 5.85. The summed E-state index contributed by atoms with van der Waals surface area (Å²) >= 11 is 0. The van der Waals surface area contributed by atoms with Crippen molar-refractivity contribution in [3.8, 4) is 28.4 Å². The van der Waals surface area contributed by atoms with E-state index in [0.717, 1.165) is 22.1 Å². The second kappa shape index (κ2) is 9.74. The van der Waals surface area contributed by atoms with E-state index in [1.807, 2.05) is 44.2 Å². The van der Waals surface area contributed by atoms with Gasteiger partial charge in [-0.1, -0.05) is 5.16 Å². The lowest BCUT2D eigenvalue weighted by atomic mass is 9.98. The van der Waals surface area contributed by atoms with Crippen LogP contribution in [0.2, 0.25) is 0 Å². The molecule has 34 heavy (non-hydrogen) atoms. The first-order chi connectivity index (χ1) is 16.4. The van der Waals surface area contributed by atoms with Crippen molar-refractivity contribution in [2.45, 2.75) is 20.8 Å². The normalized spacial score (nSPS) is 11.5. The number of ether oxygens (including phenoxy) is 3. The monoisotopic (exact) mass is 462 g/mol. The molecule has 1 amide bonds. The number of benzene rings is 2. The van der Waals surface area contributed by atoms with E-state index in [-0.39, 0.29) is 5.91 Å². The van der Waals surface area contributed by atoms with Gasteiger partial charge in [-0.25, -0.2) is 0 Å². The molecule has 4 rings (SSSR count). The SMILES string of the molecule is CCOc1cc2occ(-c3cc(OC)ccc3OC)c2cc1/C(C)=C/C(=O)Nc1cc(C)on1. The van der Waals surface area contributed by atoms with E-state index in [1.165, 1.54) is 6.08 Å². The van der Waals surface area contributed by atoms with Gasteiger partial charge >= 0.3 is 0 Å². The number of nitrogens with zero attached hydrogens (tertiary/aromatic N) is 1. The number of rotatable bonds is 8. The Labute approximate surface area is 197 Å². The van der Waals surface area contributed by atoms with Crippen LogP contribution in [-0.2, 0) is 4.79 Å². The van der Waals surface area contributed by atoms with Gasteiger partial charge in [0.05, 0.1) is 27.1 Å². The average molecular weight is 463 g/mol. The van der Waals surface area contributed by atoms with Crippen LogP contribution in [0, 0.1) is 6.92 Å². The Morgan fingerprint density at radius 1 is 1.09 bits per heavy atom. The number of amides is 1. The quantitative estimate of drug-likeness (QED) is 0.328. The molecule has 4 aromatic rings. The van der Waals surface area contributed by atoms with E-state index in [0.29, 0.717) is 46.6 Å². The van der Waals surface area contributed by atoms with E-state index in [2.05, 4.69) is 10.5 Å². The van der Waals surface area contributed by atoms with Gasteiger partial charge in [0, 0.05) is 40.3 Å². The van der Waals surface area contributed by atoms with Gasteiger partial charge < -0.3 is 28.5 Å². The van der Waals surface area contributed by atoms with Gasteiger partial charge in [0.25, 0.3) is 0 Å². The molecule has 0 radical (unpaired) electrons. The Balaban J connectivity index is 1.79. The molecule has 0 aliphatic rings. The highest BCUT2D eigenvalue weighted by molar-refractivity contribution is 6.05. The van der Waals surface area contributed by atoms with Crippen molar-refractivity contribution >= 4 is 28.3 Å². The lowest BCUT2D eigenvalue weighted by Gasteiger charge is -2.12. The summed E-state index contributed by atoms with van der Waals surface area (Å²) in [4.78, 5) is 12.6. The molecular formula is C26H26N2O6. The molecule has 8 heteroatoms. The van der Waals surface area contributed by atoms with Gasteiger partial charge in [0.2, 0.25) is 5.91 Å². The van der Waals surface area contributed by atoms with Crippen LogP contribution >= 0.6 is 0 Å². The lowest BCUT2D eigenvalue weighted by Crippen LogP contribution is -2.09. The highest BCUT2D eigenvalue weighted by Gasteiger charge is 2.18. The number of hydrogen-bond acceptors (Lipinski definition) is 7. The van der Waals surface area contributed by atoms with Crippen LogP contribution in [0.15, 0.2) is 57.7 Å². The number of methoxy groups -OCH3 is 2. The minimum absolute atomic E-state index is 0.324. The Kier molecular flexibility index (Phi) is 6.58. The number of aryl methyl sites for hydroxylation is 1. The first-order valence-electron chi connectivity index (χ1n) is 10.8. The molecule has 0 aliphatic carbocycles. The number of nitrogens with one attached hydrogen (secondary N) is 1. The predicted molar refractivity (Wildman–Crippen MR) is 129 cm³/mol. The maximum Gasteiger partial charge on any atom is 0.249 e. The fraction of sp³-hybridized carbons (Fsp3) is 0.231. The fourth-order valence-corrected chi connectivity index (χ4v) is 3.73. The molecular weight excluding hydrogens is 436 g/mol. The minimum Gasteiger partial charge on any atom is -0.497 e. The second-order valence-corrected chi connectivity index (χ2v) is 7.63. The third kappa shape index (κ3) is 4.61. The van der Waals surface area contributed by atoms with Crippen molar-refractivity contribution in [3.63, 3.8) is 0 Å². The van der Waals surface area contributed by atoms with Crippen LogP contribution in [0.1, 0.15) is 25.2 Å². The Morgan fingerprint density at radius 3 is 2.59 bits per heavy atom. The van der Waals surface area contributed by atoms with Gasteiger partial charge in [0.1, 0.15) is 28.6 Å². The minimum atomic E-state index is -0.324. The van der Waals surface area contributed by atoms with Crippen molar-refractivity contribution in [2.75, 3.05) is 26.1 Å². The van der Waals surface area contributed by atoms with E-state index in [9.17, 15) is 4.79 Å². The molecule has 0 fully saturated rings. The number of aromatic nitrogens is 1. The second-order valence-electron chi connectivity index (χ2n) is 7.63. The van der Waals surface area contributed by atoms with Crippen molar-refractivity contribution in [1.29, 1.82) is 0 Å². The molecule has 0 aliphatic heterocycles. The standard InChI is InChI=1S/C26H26N2O6/c1-6-32-23-13-24-20(21(14-33-24)19-11-17(30-4)7-8-22(19)31-5)12-18(23)15(2)9-26(29)27-25-10-16(3)34-28-25/h7-14H,6H2,1-5H3,(H,27,28,29)/b15-9+. The maximum absolute atomic E-state index is 12.6. The molecule has 2 aromatic carbocycles. The molecule has 8 nitrogen and oxygen atoms in total. The first kappa shape index (κ1) is 23.0. The summed E-state index contributed by atoms with van der Waals surface area (Å²) in [7, 11) is 3.24. The maximum atomic E-state index is 12.6. The largest absolute Gasteiger partial charge is 0.497 e. The summed E-state index contributed by atoms with van der Waals surface area (Å²) in [6, 6.07) is 11.0. The van der Waals surface area contributed by atoms with Crippen molar-refractivity contribution in [2.24, 2.45) is 0 Å². The van der Waals surface area contributed by atoms with Gasteiger partial charge in [0.15, 0.2) is 5.82 Å². The van der Waals surface area contributed by atoms with Gasteiger partial charge in [-0.15, -0.1) is 0 Å². The van der Waals surface area contributed by atoms with E-state index >= 15 is 0 Å². The number of carbonyl (C=O) groups excluding carboxylic acids is 1. The van der Waals surface area contributed by atoms with E-state index in [4.69, 9.17) is 23.2 Å². The molecule has 0 unspecified atom stereocenters. The number of allylic oxidation sites excluding steroid dienone is 1. The Morgan fingerprint density at radius 2 is 1.91 bits per heavy atom. The van der Waals surface area contributed by atoms with Crippen LogP contribution < -0.4 is 19.5 Å². The third-order valence-corrected chi connectivity index (χ3v) is 5.32. The zero-order valence-corrected chi connectivity index (χ0v) is 19.7. The van der Waals surface area contributed by atoms with E-state index in [1.54, 1.807) is 33.5 Å². The summed E-state index contributed by atoms with van der Waals surface area (Å²) in [6.07, 6.45) is 3.18. The summed E-state index contributed by atoms with van der Waals surface area (Å²) in [5, 5.41) is 7.35. The average Bonchev–Trinajstić information content (AvgIpc) is 3.43. The molecule has 0 spiro atoms. The third-order valence-electron chi connectivity index (χ3n) is 5.32. The number of anilines is 1. The molecule has 0 saturated carbocycles. The van der Waals surface area contributed by atoms with Crippen LogP contribution in [0.25, 0.3) is 27.7 Å². The van der Waals surface area contributed by atoms with Gasteiger partial charge in [-0.05, 0) is 50.6 Å². The molecule has 0 bridgehead atoms. The van der Waals surface area contributed by atoms with E-state index < -0.39 is 0 Å². The fourth-order valence-electron chi connectivity index (χ4n) is 3.73. The molecule has 1 N–H and O–H groups in total. The summed E-state index contributed by atoms with van der Waals surface area (Å²) in [6.45, 7) is 5.98. The number of hydrogen-bond donors (Lipinski definition) is 1. The summed E-state index contributed by atoms with van der Waals surface area (Å²) in [5.74, 6) is 2.65. The van der Waals surface area contributed by atoms with Gasteiger partial charge in [-0.3, -0.25) is 4.79 Å². The highest BCUT2D eigenvalue weighted by atomic mass is 16.5. The zero-order valence-electron chi connectivity index (χ0n) is 19.7. The summed E-state index contributed by atoms with van der Waals surface area (Å²) < 4.78 is 27.7.